The summed E-state index contributed by atoms with van der Waals surface area (Å²) in [5.41, 5.74) is 1.33. The van der Waals surface area contributed by atoms with E-state index >= 15 is 0 Å². The van der Waals surface area contributed by atoms with Crippen LogP contribution in [0, 0.1) is 0 Å². The van der Waals surface area contributed by atoms with Gasteiger partial charge in [-0.15, -0.1) is 0 Å². The van der Waals surface area contributed by atoms with Crippen LogP contribution in [0.5, 0.6) is 0 Å². The number of carbonyl (C=O) groups is 1. The zero-order chi connectivity index (χ0) is 13.2. The van der Waals surface area contributed by atoms with Crippen molar-refractivity contribution in [2.75, 3.05) is 19.4 Å². The Bertz CT molecular complexity index is 536. The third-order valence-electron chi connectivity index (χ3n) is 2.94. The molecule has 98 valence electrons. The molecule has 0 atom stereocenters. The lowest BCUT2D eigenvalue weighted by Crippen LogP contribution is -2.25. The summed E-state index contributed by atoms with van der Waals surface area (Å²) in [6.07, 6.45) is 0.683. The average molecular weight is 269 g/mol. The lowest BCUT2D eigenvalue weighted by atomic mass is 10.1. The van der Waals surface area contributed by atoms with Gasteiger partial charge >= 0.3 is 5.97 Å². The molecule has 0 unspecified atom stereocenters. The molecule has 0 saturated carbocycles. The molecule has 2 rings (SSSR count). The van der Waals surface area contributed by atoms with Gasteiger partial charge in [-0.25, -0.2) is 13.2 Å². The maximum atomic E-state index is 11.6. The number of nitrogens with zero attached hydrogens (tertiary/aromatic N) is 1. The first kappa shape index (κ1) is 13.0. The van der Waals surface area contributed by atoms with E-state index in [1.807, 2.05) is 0 Å². The van der Waals surface area contributed by atoms with E-state index in [2.05, 4.69) is 4.74 Å². The molecule has 1 aromatic carbocycles. The smallest absolute Gasteiger partial charge is 0.337 e. The van der Waals surface area contributed by atoms with Crippen molar-refractivity contribution in [2.45, 2.75) is 13.0 Å². The molecule has 1 saturated heterocycles. The average Bonchev–Trinajstić information content (AvgIpc) is 2.69. The zero-order valence-electron chi connectivity index (χ0n) is 10.1. The highest BCUT2D eigenvalue weighted by molar-refractivity contribution is 7.89. The van der Waals surface area contributed by atoms with E-state index in [-0.39, 0.29) is 5.75 Å². The minimum Gasteiger partial charge on any atom is -0.465 e. The quantitative estimate of drug-likeness (QED) is 0.768. The molecule has 1 heterocycles. The third kappa shape index (κ3) is 2.70. The van der Waals surface area contributed by atoms with Gasteiger partial charge in [-0.1, -0.05) is 12.1 Å². The van der Waals surface area contributed by atoms with Crippen molar-refractivity contribution >= 4 is 16.0 Å². The second-order valence-electron chi connectivity index (χ2n) is 4.19. The first-order chi connectivity index (χ1) is 8.53. The van der Waals surface area contributed by atoms with Crippen molar-refractivity contribution in [3.8, 4) is 0 Å². The second-order valence-corrected chi connectivity index (χ2v) is 6.28. The molecule has 6 heteroatoms. The van der Waals surface area contributed by atoms with Crippen molar-refractivity contribution in [3.05, 3.63) is 35.4 Å². The highest BCUT2D eigenvalue weighted by Crippen LogP contribution is 2.17. The van der Waals surface area contributed by atoms with E-state index in [1.165, 1.54) is 11.4 Å². The molecule has 0 spiro atoms. The predicted molar refractivity (Wildman–Crippen MR) is 66.6 cm³/mol. The van der Waals surface area contributed by atoms with Gasteiger partial charge in [0.1, 0.15) is 0 Å². The van der Waals surface area contributed by atoms with Crippen molar-refractivity contribution in [1.29, 1.82) is 0 Å². The highest BCUT2D eigenvalue weighted by Gasteiger charge is 2.27. The van der Waals surface area contributed by atoms with Crippen LogP contribution in [0.25, 0.3) is 0 Å². The van der Waals surface area contributed by atoms with Gasteiger partial charge in [0, 0.05) is 13.1 Å². The van der Waals surface area contributed by atoms with Crippen LogP contribution in [-0.4, -0.2) is 38.1 Å². The molecule has 0 radical (unpaired) electrons. The van der Waals surface area contributed by atoms with E-state index in [0.717, 1.165) is 5.56 Å². The van der Waals surface area contributed by atoms with Crippen LogP contribution in [0.4, 0.5) is 0 Å². The van der Waals surface area contributed by atoms with Crippen LogP contribution < -0.4 is 0 Å². The predicted octanol–water partition coefficient (Wildman–Crippen LogP) is 1.01. The van der Waals surface area contributed by atoms with Gasteiger partial charge in [0.25, 0.3) is 0 Å². The number of ether oxygens (including phenoxy) is 1. The Morgan fingerprint density at radius 3 is 2.50 bits per heavy atom. The Balaban J connectivity index is 2.09. The van der Waals surface area contributed by atoms with Crippen molar-refractivity contribution in [2.24, 2.45) is 0 Å². The number of hydrogen-bond acceptors (Lipinski definition) is 4. The van der Waals surface area contributed by atoms with E-state index < -0.39 is 16.0 Å². The maximum absolute atomic E-state index is 11.6. The number of methoxy groups -OCH3 is 1. The molecule has 1 aromatic rings. The Hall–Kier alpha value is -1.40. The van der Waals surface area contributed by atoms with Crippen molar-refractivity contribution < 1.29 is 17.9 Å². The first-order valence-corrected chi connectivity index (χ1v) is 7.29. The summed E-state index contributed by atoms with van der Waals surface area (Å²) in [4.78, 5) is 11.2. The fraction of sp³-hybridized carbons (Fsp3) is 0.417. The van der Waals surface area contributed by atoms with Gasteiger partial charge in [0.2, 0.25) is 10.0 Å². The molecule has 1 fully saturated rings. The molecule has 5 nitrogen and oxygen atoms in total. The SMILES string of the molecule is COC(=O)c1ccc(CN2CCCS2(=O)=O)cc1. The molecule has 1 aliphatic rings. The minimum absolute atomic E-state index is 0.229. The third-order valence-corrected chi connectivity index (χ3v) is 4.84. The number of rotatable bonds is 3. The lowest BCUT2D eigenvalue weighted by Gasteiger charge is -2.14. The van der Waals surface area contributed by atoms with Crippen LogP contribution in [0.2, 0.25) is 0 Å². The molecular formula is C12H15NO4S. The monoisotopic (exact) mass is 269 g/mol. The number of carbonyl (C=O) groups excluding carboxylic acids is 1. The van der Waals surface area contributed by atoms with E-state index in [0.29, 0.717) is 25.1 Å². The Morgan fingerprint density at radius 1 is 1.33 bits per heavy atom. The standard InChI is InChI=1S/C12H15NO4S/c1-17-12(14)11-5-3-10(4-6-11)9-13-7-2-8-18(13,15)16/h3-6H,2,7-9H2,1H3. The van der Waals surface area contributed by atoms with E-state index in [1.54, 1.807) is 24.3 Å². The van der Waals surface area contributed by atoms with Crippen LogP contribution in [0.3, 0.4) is 0 Å². The summed E-state index contributed by atoms with van der Waals surface area (Å²) in [6, 6.07) is 6.79. The van der Waals surface area contributed by atoms with Gasteiger partial charge < -0.3 is 4.74 Å². The van der Waals surface area contributed by atoms with Gasteiger partial charge in [-0.2, -0.15) is 4.31 Å². The fourth-order valence-electron chi connectivity index (χ4n) is 1.94. The lowest BCUT2D eigenvalue weighted by molar-refractivity contribution is 0.0600. The maximum Gasteiger partial charge on any atom is 0.337 e. The van der Waals surface area contributed by atoms with Crippen LogP contribution >= 0.6 is 0 Å². The number of hydrogen-bond donors (Lipinski definition) is 0. The minimum atomic E-state index is -3.07. The van der Waals surface area contributed by atoms with Gasteiger partial charge in [0.15, 0.2) is 0 Å². The van der Waals surface area contributed by atoms with E-state index in [4.69, 9.17) is 0 Å². The van der Waals surface area contributed by atoms with Gasteiger partial charge in [-0.05, 0) is 24.1 Å². The van der Waals surface area contributed by atoms with E-state index in [9.17, 15) is 13.2 Å². The van der Waals surface area contributed by atoms with Crippen LogP contribution in [0.15, 0.2) is 24.3 Å². The second kappa shape index (κ2) is 5.07. The molecule has 0 aliphatic carbocycles. The first-order valence-electron chi connectivity index (χ1n) is 5.68. The molecule has 0 bridgehead atoms. The van der Waals surface area contributed by atoms with Crippen LogP contribution in [0.1, 0.15) is 22.3 Å². The summed E-state index contributed by atoms with van der Waals surface area (Å²) in [7, 11) is -1.75. The highest BCUT2D eigenvalue weighted by atomic mass is 32.2. The Kier molecular flexibility index (Phi) is 3.68. The van der Waals surface area contributed by atoms with Crippen molar-refractivity contribution in [3.63, 3.8) is 0 Å². The largest absolute Gasteiger partial charge is 0.465 e. The summed E-state index contributed by atoms with van der Waals surface area (Å²) in [5, 5.41) is 0. The summed E-state index contributed by atoms with van der Waals surface area (Å²) >= 11 is 0. The normalized spacial score (nSPS) is 18.7. The molecule has 18 heavy (non-hydrogen) atoms. The molecular weight excluding hydrogens is 254 g/mol. The molecule has 0 amide bonds. The van der Waals surface area contributed by atoms with Crippen LogP contribution in [-0.2, 0) is 21.3 Å². The molecule has 0 aromatic heterocycles. The zero-order valence-corrected chi connectivity index (χ0v) is 10.9. The van der Waals surface area contributed by atoms with Crippen molar-refractivity contribution in [1.82, 2.24) is 4.31 Å². The summed E-state index contributed by atoms with van der Waals surface area (Å²) < 4.78 is 29.3. The Labute approximate surface area is 106 Å². The molecule has 0 N–H and O–H groups in total. The Morgan fingerprint density at radius 2 is 2.00 bits per heavy atom. The number of esters is 1. The topological polar surface area (TPSA) is 63.7 Å². The summed E-state index contributed by atoms with van der Waals surface area (Å²) in [6.45, 7) is 0.935. The number of benzene rings is 1. The number of sulfonamides is 1. The van der Waals surface area contributed by atoms with Gasteiger partial charge in [-0.3, -0.25) is 0 Å². The molecule has 1 aliphatic heterocycles. The van der Waals surface area contributed by atoms with Gasteiger partial charge in [0.05, 0.1) is 18.4 Å². The summed E-state index contributed by atoms with van der Waals surface area (Å²) in [5.74, 6) is -0.164. The fourth-order valence-corrected chi connectivity index (χ4v) is 3.44.